The van der Waals surface area contributed by atoms with Crippen LogP contribution in [0.4, 0.5) is 0 Å². The van der Waals surface area contributed by atoms with Crippen molar-refractivity contribution in [3.63, 3.8) is 0 Å². The van der Waals surface area contributed by atoms with Crippen molar-refractivity contribution in [1.82, 2.24) is 10.6 Å². The minimum Gasteiger partial charge on any atom is -0.388 e. The maximum absolute atomic E-state index is 11.6. The van der Waals surface area contributed by atoms with E-state index in [9.17, 15) is 14.7 Å². The minimum atomic E-state index is -0.677. The van der Waals surface area contributed by atoms with Gasteiger partial charge in [-0.3, -0.25) is 9.59 Å². The van der Waals surface area contributed by atoms with Crippen LogP contribution in [0.3, 0.4) is 0 Å². The Bertz CT molecular complexity index is 567. The summed E-state index contributed by atoms with van der Waals surface area (Å²) >= 11 is 3.00. The highest BCUT2D eigenvalue weighted by Gasteiger charge is 2.14. The lowest BCUT2D eigenvalue weighted by Gasteiger charge is -2.09. The Labute approximate surface area is 130 Å². The number of hydrogen-bond acceptors (Lipinski definition) is 5. The molecule has 0 bridgehead atoms. The van der Waals surface area contributed by atoms with E-state index in [1.807, 2.05) is 34.3 Å². The molecule has 0 aliphatic heterocycles. The van der Waals surface area contributed by atoms with Gasteiger partial charge in [0.25, 0.3) is 0 Å². The van der Waals surface area contributed by atoms with Gasteiger partial charge in [0, 0.05) is 18.0 Å². The second-order valence-corrected chi connectivity index (χ2v) is 6.15. The third kappa shape index (κ3) is 4.96. The molecule has 0 aromatic carbocycles. The number of rotatable bonds is 6. The first kappa shape index (κ1) is 15.7. The van der Waals surface area contributed by atoms with Crippen LogP contribution in [0, 0.1) is 0 Å². The van der Waals surface area contributed by atoms with Crippen molar-refractivity contribution < 1.29 is 14.7 Å². The standard InChI is InChI=1S/C14H16N2O3S2/c17-11(12-2-1-6-21-12)3-5-15-13(18)14(19)16-8-10-4-7-20-9-10/h1-2,4,6-7,9,11,17H,3,5,8H2,(H,15,18)(H,16,19). The second kappa shape index (κ2) is 7.92. The molecule has 7 heteroatoms. The number of thiophene rings is 2. The lowest BCUT2D eigenvalue weighted by Crippen LogP contribution is -2.40. The average Bonchev–Trinajstić information content (AvgIpc) is 3.17. The summed E-state index contributed by atoms with van der Waals surface area (Å²) < 4.78 is 0. The van der Waals surface area contributed by atoms with E-state index >= 15 is 0 Å². The Balaban J connectivity index is 1.65. The molecule has 2 rings (SSSR count). The Hall–Kier alpha value is -1.70. The van der Waals surface area contributed by atoms with E-state index in [1.54, 1.807) is 0 Å². The molecule has 0 aliphatic rings. The van der Waals surface area contributed by atoms with Crippen LogP contribution in [0.5, 0.6) is 0 Å². The lowest BCUT2D eigenvalue weighted by molar-refractivity contribution is -0.139. The molecule has 21 heavy (non-hydrogen) atoms. The van der Waals surface area contributed by atoms with Crippen LogP contribution < -0.4 is 10.6 Å². The maximum Gasteiger partial charge on any atom is 0.309 e. The van der Waals surface area contributed by atoms with Gasteiger partial charge >= 0.3 is 11.8 Å². The number of aliphatic hydroxyl groups excluding tert-OH is 1. The highest BCUT2D eigenvalue weighted by molar-refractivity contribution is 7.10. The predicted octanol–water partition coefficient (Wildman–Crippen LogP) is 1.67. The van der Waals surface area contributed by atoms with Gasteiger partial charge in [0.05, 0.1) is 6.10 Å². The number of hydrogen-bond donors (Lipinski definition) is 3. The van der Waals surface area contributed by atoms with Gasteiger partial charge in [0.2, 0.25) is 0 Å². The van der Waals surface area contributed by atoms with Crippen molar-refractivity contribution in [2.24, 2.45) is 0 Å². The molecule has 2 aromatic heterocycles. The van der Waals surface area contributed by atoms with Crippen LogP contribution in [-0.2, 0) is 16.1 Å². The molecule has 0 radical (unpaired) electrons. The number of aliphatic hydroxyl groups is 1. The number of carbonyl (C=O) groups is 2. The zero-order valence-corrected chi connectivity index (χ0v) is 12.9. The van der Waals surface area contributed by atoms with Gasteiger partial charge in [-0.15, -0.1) is 11.3 Å². The highest BCUT2D eigenvalue weighted by Crippen LogP contribution is 2.20. The van der Waals surface area contributed by atoms with Gasteiger partial charge in [0.1, 0.15) is 0 Å². The topological polar surface area (TPSA) is 78.4 Å². The molecule has 2 heterocycles. The van der Waals surface area contributed by atoms with Crippen molar-refractivity contribution in [3.05, 3.63) is 44.8 Å². The van der Waals surface area contributed by atoms with Crippen LogP contribution >= 0.6 is 22.7 Å². The van der Waals surface area contributed by atoms with Gasteiger partial charge in [0.15, 0.2) is 0 Å². The molecule has 0 fully saturated rings. The molecule has 0 spiro atoms. The van der Waals surface area contributed by atoms with Crippen molar-refractivity contribution >= 4 is 34.5 Å². The summed E-state index contributed by atoms with van der Waals surface area (Å²) in [4.78, 5) is 24.0. The van der Waals surface area contributed by atoms with Gasteiger partial charge in [-0.1, -0.05) is 6.07 Å². The lowest BCUT2D eigenvalue weighted by atomic mass is 10.2. The molecule has 5 nitrogen and oxygen atoms in total. The summed E-state index contributed by atoms with van der Waals surface area (Å²) in [6, 6.07) is 5.59. The number of nitrogens with one attached hydrogen (secondary N) is 2. The quantitative estimate of drug-likeness (QED) is 0.707. The van der Waals surface area contributed by atoms with Gasteiger partial charge in [-0.05, 0) is 40.3 Å². The van der Waals surface area contributed by atoms with Crippen LogP contribution in [0.1, 0.15) is 23.0 Å². The first-order valence-electron chi connectivity index (χ1n) is 6.45. The molecule has 0 saturated carbocycles. The smallest absolute Gasteiger partial charge is 0.309 e. The van der Waals surface area contributed by atoms with Gasteiger partial charge in [-0.2, -0.15) is 11.3 Å². The van der Waals surface area contributed by atoms with E-state index < -0.39 is 17.9 Å². The molecule has 3 N–H and O–H groups in total. The monoisotopic (exact) mass is 324 g/mol. The fourth-order valence-corrected chi connectivity index (χ4v) is 3.10. The summed E-state index contributed by atoms with van der Waals surface area (Å²) in [5.74, 6) is -1.34. The normalized spacial score (nSPS) is 11.9. The molecule has 112 valence electrons. The molecular weight excluding hydrogens is 308 g/mol. The van der Waals surface area contributed by atoms with Crippen LogP contribution in [0.2, 0.25) is 0 Å². The van der Waals surface area contributed by atoms with Crippen molar-refractivity contribution in [2.75, 3.05) is 6.54 Å². The Morgan fingerprint density at radius 3 is 2.67 bits per heavy atom. The molecule has 1 unspecified atom stereocenters. The molecular formula is C14H16N2O3S2. The number of carbonyl (C=O) groups excluding carboxylic acids is 2. The Kier molecular flexibility index (Phi) is 5.91. The summed E-state index contributed by atoms with van der Waals surface area (Å²) in [7, 11) is 0. The SMILES string of the molecule is O=C(NCCC(O)c1cccs1)C(=O)NCc1ccsc1. The molecule has 0 aliphatic carbocycles. The third-order valence-corrected chi connectivity index (χ3v) is 4.52. The van der Waals surface area contributed by atoms with Crippen molar-refractivity contribution in [2.45, 2.75) is 19.1 Å². The third-order valence-electron chi connectivity index (χ3n) is 2.81. The largest absolute Gasteiger partial charge is 0.388 e. The van der Waals surface area contributed by atoms with E-state index in [4.69, 9.17) is 0 Å². The second-order valence-electron chi connectivity index (χ2n) is 4.39. The molecule has 2 amide bonds. The molecule has 1 atom stereocenters. The van der Waals surface area contributed by atoms with Crippen molar-refractivity contribution in [1.29, 1.82) is 0 Å². The summed E-state index contributed by atoms with van der Waals surface area (Å²) in [6.45, 7) is 0.595. The molecule has 0 saturated heterocycles. The van der Waals surface area contributed by atoms with E-state index in [-0.39, 0.29) is 6.54 Å². The molecule has 2 aromatic rings. The predicted molar refractivity (Wildman–Crippen MR) is 83.1 cm³/mol. The highest BCUT2D eigenvalue weighted by atomic mass is 32.1. The summed E-state index contributed by atoms with van der Waals surface area (Å²) in [6.07, 6.45) is -0.233. The first-order chi connectivity index (χ1) is 10.2. The van der Waals surface area contributed by atoms with E-state index in [0.29, 0.717) is 13.0 Å². The van der Waals surface area contributed by atoms with E-state index in [0.717, 1.165) is 10.4 Å². The van der Waals surface area contributed by atoms with Gasteiger partial charge in [-0.25, -0.2) is 0 Å². The van der Waals surface area contributed by atoms with E-state index in [2.05, 4.69) is 10.6 Å². The minimum absolute atomic E-state index is 0.254. The Morgan fingerprint density at radius 1 is 1.19 bits per heavy atom. The van der Waals surface area contributed by atoms with Crippen LogP contribution in [-0.4, -0.2) is 23.5 Å². The average molecular weight is 324 g/mol. The van der Waals surface area contributed by atoms with Crippen LogP contribution in [0.25, 0.3) is 0 Å². The number of amides is 2. The zero-order chi connectivity index (χ0) is 15.1. The van der Waals surface area contributed by atoms with Crippen molar-refractivity contribution in [3.8, 4) is 0 Å². The summed E-state index contributed by atoms with van der Waals surface area (Å²) in [5, 5.41) is 20.6. The zero-order valence-electron chi connectivity index (χ0n) is 11.2. The van der Waals surface area contributed by atoms with Gasteiger partial charge < -0.3 is 15.7 Å². The maximum atomic E-state index is 11.6. The fourth-order valence-electron chi connectivity index (χ4n) is 1.68. The summed E-state index contributed by atoms with van der Waals surface area (Å²) in [5.41, 5.74) is 0.967. The van der Waals surface area contributed by atoms with E-state index in [1.165, 1.54) is 22.7 Å². The first-order valence-corrected chi connectivity index (χ1v) is 8.27. The Morgan fingerprint density at radius 2 is 2.00 bits per heavy atom. The fraction of sp³-hybridized carbons (Fsp3) is 0.286. The van der Waals surface area contributed by atoms with Crippen LogP contribution in [0.15, 0.2) is 34.3 Å².